The van der Waals surface area contributed by atoms with Crippen LogP contribution in [0.1, 0.15) is 60.0 Å². The smallest absolute Gasteiger partial charge is 0.417 e. The Kier molecular flexibility index (Phi) is 8.38. The summed E-state index contributed by atoms with van der Waals surface area (Å²) in [6.07, 6.45) is -4.30. The van der Waals surface area contributed by atoms with Gasteiger partial charge in [0, 0.05) is 43.6 Å². The molecule has 0 amide bonds. The van der Waals surface area contributed by atoms with E-state index < -0.39 is 47.4 Å². The average molecular weight is 635 g/mol. The molecule has 45 heavy (non-hydrogen) atoms. The molecule has 0 spiro atoms. The highest BCUT2D eigenvalue weighted by Gasteiger charge is 2.39. The predicted octanol–water partition coefficient (Wildman–Crippen LogP) is 6.68. The molecule has 0 unspecified atom stereocenters. The second-order valence-corrected chi connectivity index (χ2v) is 11.6. The second-order valence-electron chi connectivity index (χ2n) is 11.6. The lowest BCUT2D eigenvalue weighted by molar-refractivity contribution is -0.141. The van der Waals surface area contributed by atoms with Crippen LogP contribution >= 0.6 is 0 Å². The molecule has 1 fully saturated rings. The number of carbonyl (C=O) groups excluding carboxylic acids is 1. The first-order valence-electron chi connectivity index (χ1n) is 14.6. The Hall–Kier alpha value is -3.90. The Bertz CT molecular complexity index is 1580. The SMILES string of the molecule is COC(=O)C[C@@H]1COc2cc(O[C@@H]3CCc4c3ccc(C(F)(F)F)c4-c3cc(F)c(OCC4(O)CCOCC4)c(F)c3)ccc21. The molecule has 7 nitrogen and oxygen atoms in total. The van der Waals surface area contributed by atoms with E-state index in [1.165, 1.54) is 13.2 Å². The van der Waals surface area contributed by atoms with Crippen LogP contribution in [-0.4, -0.2) is 50.2 Å². The zero-order valence-corrected chi connectivity index (χ0v) is 24.3. The van der Waals surface area contributed by atoms with Gasteiger partial charge in [0.2, 0.25) is 0 Å². The third kappa shape index (κ3) is 6.30. The first-order chi connectivity index (χ1) is 21.5. The molecule has 1 N–H and O–H groups in total. The van der Waals surface area contributed by atoms with Crippen LogP contribution < -0.4 is 14.2 Å². The van der Waals surface area contributed by atoms with E-state index in [4.69, 9.17) is 23.7 Å². The topological polar surface area (TPSA) is 83.5 Å². The van der Waals surface area contributed by atoms with Crippen LogP contribution in [0, 0.1) is 11.6 Å². The van der Waals surface area contributed by atoms with Gasteiger partial charge in [-0.1, -0.05) is 12.1 Å². The van der Waals surface area contributed by atoms with E-state index in [1.54, 1.807) is 18.2 Å². The molecule has 3 aromatic rings. The van der Waals surface area contributed by atoms with Crippen molar-refractivity contribution in [1.29, 1.82) is 0 Å². The summed E-state index contributed by atoms with van der Waals surface area (Å²) in [5.74, 6) is -2.68. The lowest BCUT2D eigenvalue weighted by Gasteiger charge is -2.31. The summed E-state index contributed by atoms with van der Waals surface area (Å²) in [4.78, 5) is 11.7. The van der Waals surface area contributed by atoms with E-state index in [1.807, 2.05) is 0 Å². The maximum Gasteiger partial charge on any atom is 0.417 e. The minimum Gasteiger partial charge on any atom is -0.492 e. The maximum atomic E-state index is 15.2. The number of aliphatic hydroxyl groups is 1. The number of alkyl halides is 3. The summed E-state index contributed by atoms with van der Waals surface area (Å²) in [5, 5.41) is 10.6. The number of rotatable bonds is 8. The third-order valence-corrected chi connectivity index (χ3v) is 8.64. The number of esters is 1. The zero-order valence-electron chi connectivity index (χ0n) is 24.3. The molecule has 3 aromatic carbocycles. The molecule has 0 bridgehead atoms. The lowest BCUT2D eigenvalue weighted by atomic mass is 9.91. The summed E-state index contributed by atoms with van der Waals surface area (Å²) in [6.45, 7) is 0.449. The van der Waals surface area contributed by atoms with E-state index in [9.17, 15) is 23.1 Å². The number of hydrogen-bond donors (Lipinski definition) is 1. The van der Waals surface area contributed by atoms with Crippen molar-refractivity contribution in [2.75, 3.05) is 33.5 Å². The van der Waals surface area contributed by atoms with Gasteiger partial charge < -0.3 is 28.8 Å². The fourth-order valence-electron chi connectivity index (χ4n) is 6.25. The summed E-state index contributed by atoms with van der Waals surface area (Å²) in [7, 11) is 1.32. The molecule has 2 atom stereocenters. The van der Waals surface area contributed by atoms with E-state index in [0.29, 0.717) is 30.1 Å². The molecule has 0 radical (unpaired) electrons. The largest absolute Gasteiger partial charge is 0.492 e. The molecule has 0 aromatic heterocycles. The van der Waals surface area contributed by atoms with Crippen LogP contribution in [0.3, 0.4) is 0 Å². The second kappa shape index (κ2) is 12.1. The van der Waals surface area contributed by atoms with Crippen molar-refractivity contribution in [3.8, 4) is 28.4 Å². The number of carbonyl (C=O) groups is 1. The van der Waals surface area contributed by atoms with Gasteiger partial charge in [-0.3, -0.25) is 4.79 Å². The van der Waals surface area contributed by atoms with Crippen molar-refractivity contribution in [2.24, 2.45) is 0 Å². The lowest BCUT2D eigenvalue weighted by Crippen LogP contribution is -2.41. The molecule has 0 saturated carbocycles. The molecule has 3 aliphatic rings. The summed E-state index contributed by atoms with van der Waals surface area (Å²) in [5.41, 5.74) is -1.36. The van der Waals surface area contributed by atoms with Crippen molar-refractivity contribution >= 4 is 5.97 Å². The highest BCUT2D eigenvalue weighted by atomic mass is 19.4. The highest BCUT2D eigenvalue weighted by molar-refractivity contribution is 5.75. The molecular formula is C33H31F5O7. The van der Waals surface area contributed by atoms with Crippen LogP contribution in [0.2, 0.25) is 0 Å². The van der Waals surface area contributed by atoms with Gasteiger partial charge in [0.15, 0.2) is 17.4 Å². The van der Waals surface area contributed by atoms with Gasteiger partial charge in [-0.25, -0.2) is 8.78 Å². The molecule has 240 valence electrons. The Balaban J connectivity index is 1.28. The molecule has 12 heteroatoms. The van der Waals surface area contributed by atoms with Crippen molar-refractivity contribution in [1.82, 2.24) is 0 Å². The standard InChI is InChI=1S/C33H31F5O7/c1-41-29(39)14-19-16-43-28-15-20(2-3-21(19)28)45-27-7-5-23-22(27)4-6-24(33(36,37)38)30(23)18-12-25(34)31(26(35)13-18)44-17-32(40)8-10-42-11-9-32/h2-4,6,12-13,15,19,27,40H,5,7-11,14,16-17H2,1H3/t19-,27-/m1/s1. The van der Waals surface area contributed by atoms with E-state index in [2.05, 4.69) is 0 Å². The molecular weight excluding hydrogens is 603 g/mol. The fourth-order valence-corrected chi connectivity index (χ4v) is 6.25. The number of hydrogen-bond acceptors (Lipinski definition) is 7. The maximum absolute atomic E-state index is 15.2. The van der Waals surface area contributed by atoms with Crippen molar-refractivity contribution in [3.05, 3.63) is 76.4 Å². The first kappa shape index (κ1) is 31.1. The van der Waals surface area contributed by atoms with Crippen molar-refractivity contribution in [2.45, 2.75) is 55.9 Å². The average Bonchev–Trinajstić information content (AvgIpc) is 3.59. The minimum absolute atomic E-state index is 0.163. The van der Waals surface area contributed by atoms with E-state index >= 15 is 8.78 Å². The van der Waals surface area contributed by atoms with Crippen LogP contribution in [0.25, 0.3) is 11.1 Å². The van der Waals surface area contributed by atoms with Gasteiger partial charge in [0.05, 0.1) is 25.7 Å². The molecule has 1 aliphatic carbocycles. The summed E-state index contributed by atoms with van der Waals surface area (Å²) >= 11 is 0. The Morgan fingerprint density at radius 3 is 2.44 bits per heavy atom. The van der Waals surface area contributed by atoms with Gasteiger partial charge in [-0.2, -0.15) is 13.2 Å². The third-order valence-electron chi connectivity index (χ3n) is 8.64. The van der Waals surface area contributed by atoms with E-state index in [0.717, 1.165) is 23.8 Å². The van der Waals surface area contributed by atoms with Gasteiger partial charge in [0.1, 0.15) is 29.8 Å². The molecule has 2 heterocycles. The van der Waals surface area contributed by atoms with Crippen LogP contribution in [0.15, 0.2) is 42.5 Å². The fraction of sp³-hybridized carbons (Fsp3) is 0.424. The predicted molar refractivity (Wildman–Crippen MR) is 150 cm³/mol. The van der Waals surface area contributed by atoms with Gasteiger partial charge in [-0.05, 0) is 59.4 Å². The number of fused-ring (bicyclic) bond motifs is 2. The highest BCUT2D eigenvalue weighted by Crippen LogP contribution is 2.48. The van der Waals surface area contributed by atoms with Gasteiger partial charge >= 0.3 is 12.1 Å². The monoisotopic (exact) mass is 634 g/mol. The van der Waals surface area contributed by atoms with Crippen molar-refractivity contribution < 1.29 is 55.5 Å². The normalized spacial score (nSPS) is 20.2. The summed E-state index contributed by atoms with van der Waals surface area (Å²) < 4.78 is 100. The van der Waals surface area contributed by atoms with Gasteiger partial charge in [-0.15, -0.1) is 0 Å². The zero-order chi connectivity index (χ0) is 31.9. The minimum atomic E-state index is -4.80. The van der Waals surface area contributed by atoms with E-state index in [-0.39, 0.29) is 67.5 Å². The Morgan fingerprint density at radius 2 is 1.76 bits per heavy atom. The Labute approximate surface area is 255 Å². The number of methoxy groups -OCH3 is 1. The molecule has 1 saturated heterocycles. The number of benzene rings is 3. The van der Waals surface area contributed by atoms with Gasteiger partial charge in [0.25, 0.3) is 0 Å². The first-order valence-corrected chi connectivity index (χ1v) is 14.6. The molecule has 6 rings (SSSR count). The van der Waals surface area contributed by atoms with Crippen LogP contribution in [-0.2, 0) is 26.9 Å². The van der Waals surface area contributed by atoms with Crippen LogP contribution in [0.5, 0.6) is 17.2 Å². The van der Waals surface area contributed by atoms with Crippen LogP contribution in [0.4, 0.5) is 22.0 Å². The quantitative estimate of drug-likeness (QED) is 0.219. The molecule has 2 aliphatic heterocycles. The van der Waals surface area contributed by atoms with Crippen molar-refractivity contribution in [3.63, 3.8) is 0 Å². The summed E-state index contributed by atoms with van der Waals surface area (Å²) in [6, 6.07) is 9.07. The number of halogens is 5. The number of ether oxygens (including phenoxy) is 5. The Morgan fingerprint density at radius 1 is 1.04 bits per heavy atom.